The molecule has 0 aliphatic heterocycles. The van der Waals surface area contributed by atoms with E-state index in [1.807, 2.05) is 6.07 Å². The van der Waals surface area contributed by atoms with E-state index in [1.165, 1.54) is 16.4 Å². The summed E-state index contributed by atoms with van der Waals surface area (Å²) in [6.45, 7) is 4.60. The van der Waals surface area contributed by atoms with Gasteiger partial charge >= 0.3 is 0 Å². The summed E-state index contributed by atoms with van der Waals surface area (Å²) in [7, 11) is 0. The normalized spacial score (nSPS) is 11.7. The minimum Gasteiger partial charge on any atom is -0.483 e. The second-order valence-electron chi connectivity index (χ2n) is 5.48. The number of carbonyl (C=O) groups is 1. The molecule has 0 unspecified atom stereocenters. The van der Waals surface area contributed by atoms with E-state index in [4.69, 9.17) is 27.2 Å². The van der Waals surface area contributed by atoms with E-state index in [2.05, 4.69) is 33.5 Å². The maximum atomic E-state index is 8.36. The van der Waals surface area contributed by atoms with Crippen LogP contribution >= 0.6 is 34.5 Å². The number of nitrogens with two attached hydrogens (primary N) is 1. The van der Waals surface area contributed by atoms with E-state index in [0.29, 0.717) is 6.54 Å². The average Bonchev–Trinajstić information content (AvgIpc) is 3.23. The zero-order valence-electron chi connectivity index (χ0n) is 14.4. The van der Waals surface area contributed by atoms with Crippen molar-refractivity contribution in [2.75, 3.05) is 5.32 Å². The summed E-state index contributed by atoms with van der Waals surface area (Å²) in [6, 6.07) is 2.15. The van der Waals surface area contributed by atoms with Gasteiger partial charge in [-0.15, -0.1) is 11.3 Å². The Labute approximate surface area is 164 Å². The van der Waals surface area contributed by atoms with Crippen molar-refractivity contribution in [3.63, 3.8) is 0 Å². The molecule has 0 saturated heterocycles. The Balaban J connectivity index is 0.000000758. The van der Waals surface area contributed by atoms with Crippen LogP contribution in [0.3, 0.4) is 0 Å². The molecule has 7 nitrogen and oxygen atoms in total. The fourth-order valence-electron chi connectivity index (χ4n) is 2.31. The third-order valence-electron chi connectivity index (χ3n) is 3.73. The first-order valence-corrected chi connectivity index (χ1v) is 9.89. The first kappa shape index (κ1) is 20.5. The number of anilines is 1. The van der Waals surface area contributed by atoms with Crippen molar-refractivity contribution in [2.24, 2.45) is 5.73 Å². The van der Waals surface area contributed by atoms with Gasteiger partial charge in [0.25, 0.3) is 6.47 Å². The van der Waals surface area contributed by atoms with E-state index >= 15 is 0 Å². The lowest BCUT2D eigenvalue weighted by Gasteiger charge is -2.06. The van der Waals surface area contributed by atoms with Gasteiger partial charge in [-0.05, 0) is 54.5 Å². The summed E-state index contributed by atoms with van der Waals surface area (Å²) < 4.78 is 5.14. The van der Waals surface area contributed by atoms with Gasteiger partial charge in [0, 0.05) is 22.0 Å². The van der Waals surface area contributed by atoms with Crippen LogP contribution in [-0.4, -0.2) is 32.0 Å². The molecule has 0 radical (unpaired) electrons. The average molecular weight is 414 g/mol. The van der Waals surface area contributed by atoms with E-state index in [0.717, 1.165) is 39.3 Å². The molecule has 0 spiro atoms. The lowest BCUT2D eigenvalue weighted by molar-refractivity contribution is -0.122. The number of hydrogen-bond donors (Lipinski definition) is 3. The Morgan fingerprint density at radius 1 is 1.46 bits per heavy atom. The first-order chi connectivity index (χ1) is 12.5. The molecule has 1 atom stereocenters. The number of hydrogen-bond acceptors (Lipinski definition) is 8. The molecule has 0 aliphatic rings. The maximum absolute atomic E-state index is 8.36. The minimum absolute atomic E-state index is 0.166. The number of carboxylic acid groups (broad SMARTS) is 1. The van der Waals surface area contributed by atoms with E-state index in [-0.39, 0.29) is 17.8 Å². The van der Waals surface area contributed by atoms with Crippen molar-refractivity contribution >= 4 is 57.0 Å². The monoisotopic (exact) mass is 413 g/mol. The summed E-state index contributed by atoms with van der Waals surface area (Å²) in [5.41, 5.74) is 8.18. The topological polar surface area (TPSA) is 114 Å². The van der Waals surface area contributed by atoms with Crippen molar-refractivity contribution in [1.29, 1.82) is 0 Å². The smallest absolute Gasteiger partial charge is 0.290 e. The van der Waals surface area contributed by atoms with Crippen LogP contribution in [0.15, 0.2) is 12.3 Å². The molecule has 26 heavy (non-hydrogen) atoms. The van der Waals surface area contributed by atoms with Gasteiger partial charge < -0.3 is 16.2 Å². The highest BCUT2D eigenvalue weighted by Gasteiger charge is 2.17. The molecule has 0 aliphatic carbocycles. The highest BCUT2D eigenvalue weighted by molar-refractivity contribution is 7.19. The Morgan fingerprint density at radius 2 is 2.19 bits per heavy atom. The van der Waals surface area contributed by atoms with Crippen LogP contribution in [0.2, 0.25) is 5.28 Å². The number of nitrogens with zero attached hydrogens (tertiary/aromatic N) is 3. The zero-order chi connectivity index (χ0) is 19.1. The van der Waals surface area contributed by atoms with Gasteiger partial charge in [-0.25, -0.2) is 9.36 Å². The van der Waals surface area contributed by atoms with Crippen LogP contribution in [0, 0.1) is 6.92 Å². The molecule has 4 N–H and O–H groups in total. The van der Waals surface area contributed by atoms with Crippen molar-refractivity contribution < 1.29 is 9.90 Å². The Morgan fingerprint density at radius 3 is 2.81 bits per heavy atom. The van der Waals surface area contributed by atoms with Gasteiger partial charge in [-0.2, -0.15) is 4.98 Å². The predicted octanol–water partition coefficient (Wildman–Crippen LogP) is 3.70. The number of aromatic nitrogens is 3. The van der Waals surface area contributed by atoms with Crippen LogP contribution in [0.1, 0.15) is 28.7 Å². The molecule has 3 heterocycles. The number of rotatable bonds is 6. The number of nitrogens with one attached hydrogen (secondary N) is 1. The van der Waals surface area contributed by atoms with Gasteiger partial charge in [0.05, 0.1) is 16.8 Å². The van der Waals surface area contributed by atoms with Crippen molar-refractivity contribution in [1.82, 2.24) is 14.3 Å². The number of thiophene rings is 1. The van der Waals surface area contributed by atoms with Crippen LogP contribution in [0.5, 0.6) is 0 Å². The Hall–Kier alpha value is -1.81. The number of fused-ring (bicyclic) bond motifs is 1. The molecule has 3 aromatic heterocycles. The number of aryl methyl sites for hydroxylation is 1. The molecular weight excluding hydrogens is 394 g/mol. The van der Waals surface area contributed by atoms with E-state index < -0.39 is 0 Å². The Bertz CT molecular complexity index is 854. The zero-order valence-corrected chi connectivity index (χ0v) is 16.8. The summed E-state index contributed by atoms with van der Waals surface area (Å²) in [4.78, 5) is 19.5. The molecule has 0 saturated carbocycles. The molecule has 0 aromatic carbocycles. The highest BCUT2D eigenvalue weighted by atomic mass is 35.5. The molecule has 140 valence electrons. The standard InChI is InChI=1S/C15H18ClN5S2.CH2O2/c1-3-9(17)6-11-8(2)12-13(22-11)14(21-15(16)20-12)18-7-10-4-5-19-23-10;2-1-3/h4-5,9H,3,6-7,17H2,1-2H3,(H,18,20,21);1H,(H,2,3)/t9-;/m0./s1. The van der Waals surface area contributed by atoms with Crippen molar-refractivity contribution in [2.45, 2.75) is 39.3 Å². The fraction of sp³-hybridized carbons (Fsp3) is 0.375. The SMILES string of the molecule is CC[C@H](N)Cc1sc2c(NCc3ccns3)nc(Cl)nc2c1C.O=CO. The molecule has 3 rings (SSSR count). The molecule has 0 amide bonds. The molecule has 0 fully saturated rings. The second-order valence-corrected chi connectivity index (χ2v) is 7.84. The summed E-state index contributed by atoms with van der Waals surface area (Å²) in [5.74, 6) is 0.776. The summed E-state index contributed by atoms with van der Waals surface area (Å²) >= 11 is 9.28. The molecular formula is C16H20ClN5O2S2. The van der Waals surface area contributed by atoms with Gasteiger partial charge in [0.15, 0.2) is 0 Å². The van der Waals surface area contributed by atoms with Crippen LogP contribution in [-0.2, 0) is 17.8 Å². The van der Waals surface area contributed by atoms with Gasteiger partial charge in [0.1, 0.15) is 5.82 Å². The Kier molecular flexibility index (Phi) is 7.70. The van der Waals surface area contributed by atoms with E-state index in [9.17, 15) is 0 Å². The van der Waals surface area contributed by atoms with Gasteiger partial charge in [0.2, 0.25) is 5.28 Å². The van der Waals surface area contributed by atoms with Crippen molar-refractivity contribution in [3.05, 3.63) is 32.9 Å². The fourth-order valence-corrected chi connectivity index (χ4v) is 4.30. The van der Waals surface area contributed by atoms with E-state index in [1.54, 1.807) is 17.5 Å². The summed E-state index contributed by atoms with van der Waals surface area (Å²) in [6.07, 6.45) is 3.61. The van der Waals surface area contributed by atoms with Gasteiger partial charge in [-0.1, -0.05) is 6.92 Å². The lowest BCUT2D eigenvalue weighted by Crippen LogP contribution is -2.21. The molecule has 10 heteroatoms. The predicted molar refractivity (Wildman–Crippen MR) is 107 cm³/mol. The van der Waals surface area contributed by atoms with Crippen LogP contribution < -0.4 is 11.1 Å². The maximum Gasteiger partial charge on any atom is 0.290 e. The second kappa shape index (κ2) is 9.77. The largest absolute Gasteiger partial charge is 0.483 e. The third-order valence-corrected chi connectivity index (χ3v) is 5.95. The van der Waals surface area contributed by atoms with Crippen LogP contribution in [0.25, 0.3) is 10.2 Å². The molecule has 3 aromatic rings. The third kappa shape index (κ3) is 5.10. The number of halogens is 1. The first-order valence-electron chi connectivity index (χ1n) is 7.92. The van der Waals surface area contributed by atoms with Crippen molar-refractivity contribution in [3.8, 4) is 0 Å². The van der Waals surface area contributed by atoms with Gasteiger partial charge in [-0.3, -0.25) is 4.79 Å². The summed E-state index contributed by atoms with van der Waals surface area (Å²) in [5, 5.41) is 10.5. The van der Waals surface area contributed by atoms with Crippen LogP contribution in [0.4, 0.5) is 5.82 Å². The quantitative estimate of drug-likeness (QED) is 0.417. The highest BCUT2D eigenvalue weighted by Crippen LogP contribution is 2.35. The minimum atomic E-state index is -0.250. The lowest BCUT2D eigenvalue weighted by atomic mass is 10.1. The molecule has 0 bridgehead atoms.